The van der Waals surface area contributed by atoms with Crippen LogP contribution in [0.2, 0.25) is 0 Å². The molecular weight excluding hydrogens is 214 g/mol. The number of anilines is 2. The molecule has 2 N–H and O–H groups in total. The molecule has 0 bridgehead atoms. The van der Waals surface area contributed by atoms with Crippen molar-refractivity contribution in [2.24, 2.45) is 5.41 Å². The number of carbonyl (C=O) groups excluding carboxylic acids is 1. The van der Waals surface area contributed by atoms with Crippen molar-refractivity contribution in [3.05, 3.63) is 23.8 Å². The van der Waals surface area contributed by atoms with Gasteiger partial charge < -0.3 is 10.6 Å². The molecular formula is C11H12F2N2O. The van der Waals surface area contributed by atoms with E-state index in [0.29, 0.717) is 0 Å². The Morgan fingerprint density at radius 3 is 2.69 bits per heavy atom. The molecule has 1 aromatic rings. The lowest BCUT2D eigenvalue weighted by Gasteiger charge is -2.19. The van der Waals surface area contributed by atoms with Crippen molar-refractivity contribution in [2.75, 3.05) is 17.2 Å². The molecule has 0 fully saturated rings. The molecule has 1 aromatic carbocycles. The number of carbonyl (C=O) groups is 1. The predicted molar refractivity (Wildman–Crippen MR) is 57.3 cm³/mol. The highest BCUT2D eigenvalue weighted by molar-refractivity contribution is 5.99. The van der Waals surface area contributed by atoms with E-state index in [-0.39, 0.29) is 23.8 Å². The van der Waals surface area contributed by atoms with Gasteiger partial charge in [-0.3, -0.25) is 4.79 Å². The quantitative estimate of drug-likeness (QED) is 0.713. The molecule has 1 heterocycles. The zero-order valence-corrected chi connectivity index (χ0v) is 9.03. The van der Waals surface area contributed by atoms with Gasteiger partial charge in [-0.2, -0.15) is 0 Å². The Morgan fingerprint density at radius 2 is 2.00 bits per heavy atom. The maximum atomic E-state index is 13.5. The van der Waals surface area contributed by atoms with Crippen molar-refractivity contribution < 1.29 is 13.6 Å². The van der Waals surface area contributed by atoms with Gasteiger partial charge in [-0.25, -0.2) is 8.78 Å². The van der Waals surface area contributed by atoms with E-state index in [4.69, 9.17) is 0 Å². The lowest BCUT2D eigenvalue weighted by atomic mass is 9.93. The summed E-state index contributed by atoms with van der Waals surface area (Å²) in [6.45, 7) is 3.72. The lowest BCUT2D eigenvalue weighted by Crippen LogP contribution is -2.34. The standard InChI is InChI=1S/C11H12F2N2O/c1-11(2)5-14-9-7(15-10(11)16)4-3-6(12)8(9)13/h3-4,14H,5H2,1-2H3,(H,15,16). The normalized spacial score (nSPS) is 18.1. The number of amides is 1. The van der Waals surface area contributed by atoms with E-state index in [2.05, 4.69) is 10.6 Å². The Kier molecular flexibility index (Phi) is 2.33. The van der Waals surface area contributed by atoms with Crippen molar-refractivity contribution in [3.63, 3.8) is 0 Å². The third-order valence-corrected chi connectivity index (χ3v) is 2.66. The highest BCUT2D eigenvalue weighted by Gasteiger charge is 2.32. The molecule has 0 unspecified atom stereocenters. The van der Waals surface area contributed by atoms with Crippen LogP contribution in [-0.2, 0) is 4.79 Å². The Balaban J connectivity index is 2.49. The first-order valence-electron chi connectivity index (χ1n) is 4.95. The van der Waals surface area contributed by atoms with Crippen LogP contribution in [0.5, 0.6) is 0 Å². The van der Waals surface area contributed by atoms with Crippen LogP contribution in [0.15, 0.2) is 12.1 Å². The number of halogens is 2. The molecule has 0 saturated heterocycles. The highest BCUT2D eigenvalue weighted by Crippen LogP contribution is 2.32. The molecule has 3 nitrogen and oxygen atoms in total. The predicted octanol–water partition coefficient (Wildman–Crippen LogP) is 2.35. The summed E-state index contributed by atoms with van der Waals surface area (Å²) in [5.74, 6) is -2.11. The SMILES string of the molecule is CC1(C)CNc2c(ccc(F)c2F)NC1=O. The molecule has 0 spiro atoms. The molecule has 0 radical (unpaired) electrons. The molecule has 2 rings (SSSR count). The van der Waals surface area contributed by atoms with E-state index < -0.39 is 17.0 Å². The second-order valence-corrected chi connectivity index (χ2v) is 4.48. The third kappa shape index (κ3) is 1.62. The van der Waals surface area contributed by atoms with Crippen LogP contribution in [0.1, 0.15) is 13.8 Å². The van der Waals surface area contributed by atoms with Crippen LogP contribution >= 0.6 is 0 Å². The van der Waals surface area contributed by atoms with Gasteiger partial charge in [0, 0.05) is 6.54 Å². The zero-order valence-electron chi connectivity index (χ0n) is 9.03. The molecule has 0 saturated carbocycles. The Bertz CT molecular complexity index is 458. The van der Waals surface area contributed by atoms with Crippen LogP contribution in [-0.4, -0.2) is 12.5 Å². The molecule has 5 heteroatoms. The first kappa shape index (κ1) is 10.9. The van der Waals surface area contributed by atoms with Gasteiger partial charge in [0.15, 0.2) is 11.6 Å². The number of hydrogen-bond donors (Lipinski definition) is 2. The molecule has 1 aliphatic rings. The Hall–Kier alpha value is -1.65. The second kappa shape index (κ2) is 3.43. The molecule has 0 aliphatic carbocycles. The fourth-order valence-electron chi connectivity index (χ4n) is 1.51. The summed E-state index contributed by atoms with van der Waals surface area (Å²) < 4.78 is 26.5. The van der Waals surface area contributed by atoms with Crippen molar-refractivity contribution in [2.45, 2.75) is 13.8 Å². The minimum absolute atomic E-state index is 0.0129. The van der Waals surface area contributed by atoms with E-state index in [9.17, 15) is 13.6 Å². The van der Waals surface area contributed by atoms with E-state index in [1.165, 1.54) is 6.07 Å². The number of hydrogen-bond acceptors (Lipinski definition) is 2. The second-order valence-electron chi connectivity index (χ2n) is 4.48. The van der Waals surface area contributed by atoms with Gasteiger partial charge in [0.1, 0.15) is 0 Å². The first-order valence-corrected chi connectivity index (χ1v) is 4.95. The molecule has 86 valence electrons. The number of rotatable bonds is 0. The fourth-order valence-corrected chi connectivity index (χ4v) is 1.51. The summed E-state index contributed by atoms with van der Waals surface area (Å²) >= 11 is 0. The van der Waals surface area contributed by atoms with E-state index in [0.717, 1.165) is 6.07 Å². The van der Waals surface area contributed by atoms with Gasteiger partial charge in [0.05, 0.1) is 16.8 Å². The van der Waals surface area contributed by atoms with Crippen molar-refractivity contribution in [1.29, 1.82) is 0 Å². The van der Waals surface area contributed by atoms with Gasteiger partial charge in [-0.05, 0) is 26.0 Å². The summed E-state index contributed by atoms with van der Waals surface area (Å²) in [7, 11) is 0. The molecule has 0 atom stereocenters. The smallest absolute Gasteiger partial charge is 0.231 e. The zero-order chi connectivity index (χ0) is 11.9. The minimum atomic E-state index is -0.962. The fraction of sp³-hybridized carbons (Fsp3) is 0.364. The Labute approximate surface area is 91.8 Å². The largest absolute Gasteiger partial charge is 0.380 e. The van der Waals surface area contributed by atoms with Crippen molar-refractivity contribution in [3.8, 4) is 0 Å². The average molecular weight is 226 g/mol. The number of benzene rings is 1. The first-order chi connectivity index (χ1) is 7.42. The molecule has 1 amide bonds. The molecule has 16 heavy (non-hydrogen) atoms. The van der Waals surface area contributed by atoms with Crippen LogP contribution in [0.4, 0.5) is 20.2 Å². The van der Waals surface area contributed by atoms with Gasteiger partial charge in [-0.15, -0.1) is 0 Å². The maximum Gasteiger partial charge on any atom is 0.231 e. The Morgan fingerprint density at radius 1 is 1.31 bits per heavy atom. The van der Waals surface area contributed by atoms with Gasteiger partial charge in [0.25, 0.3) is 0 Å². The third-order valence-electron chi connectivity index (χ3n) is 2.66. The van der Waals surface area contributed by atoms with E-state index >= 15 is 0 Å². The minimum Gasteiger partial charge on any atom is -0.380 e. The molecule has 1 aliphatic heterocycles. The van der Waals surface area contributed by atoms with Crippen LogP contribution in [0, 0.1) is 17.0 Å². The van der Waals surface area contributed by atoms with Crippen molar-refractivity contribution >= 4 is 17.3 Å². The monoisotopic (exact) mass is 226 g/mol. The highest BCUT2D eigenvalue weighted by atomic mass is 19.2. The summed E-state index contributed by atoms with van der Waals surface area (Å²) in [5.41, 5.74) is -0.379. The number of nitrogens with one attached hydrogen (secondary N) is 2. The maximum absolute atomic E-state index is 13.5. The number of fused-ring (bicyclic) bond motifs is 1. The summed E-state index contributed by atoms with van der Waals surface area (Å²) in [5, 5.41) is 5.33. The summed E-state index contributed by atoms with van der Waals surface area (Å²) in [6, 6.07) is 2.34. The van der Waals surface area contributed by atoms with Crippen LogP contribution in [0.25, 0.3) is 0 Å². The lowest BCUT2D eigenvalue weighted by molar-refractivity contribution is -0.123. The summed E-state index contributed by atoms with van der Waals surface area (Å²) in [6.07, 6.45) is 0. The molecule has 0 aromatic heterocycles. The van der Waals surface area contributed by atoms with Gasteiger partial charge >= 0.3 is 0 Å². The van der Waals surface area contributed by atoms with Gasteiger partial charge in [-0.1, -0.05) is 0 Å². The van der Waals surface area contributed by atoms with E-state index in [1.54, 1.807) is 13.8 Å². The van der Waals surface area contributed by atoms with Crippen LogP contribution in [0.3, 0.4) is 0 Å². The van der Waals surface area contributed by atoms with Crippen molar-refractivity contribution in [1.82, 2.24) is 0 Å². The summed E-state index contributed by atoms with van der Waals surface area (Å²) in [4.78, 5) is 11.7. The topological polar surface area (TPSA) is 41.1 Å². The average Bonchev–Trinajstić information content (AvgIpc) is 2.32. The van der Waals surface area contributed by atoms with E-state index in [1.807, 2.05) is 0 Å². The van der Waals surface area contributed by atoms with Crippen LogP contribution < -0.4 is 10.6 Å². The van der Waals surface area contributed by atoms with Gasteiger partial charge in [0.2, 0.25) is 5.91 Å².